The molecule has 0 saturated carbocycles. The van der Waals surface area contributed by atoms with Crippen LogP contribution in [0.5, 0.6) is 0 Å². The Balaban J connectivity index is 2.18. The zero-order valence-corrected chi connectivity index (χ0v) is 10.9. The average Bonchev–Trinajstić information content (AvgIpc) is 2.32. The monoisotopic (exact) mass is 254 g/mol. The molecule has 0 spiro atoms. The second-order valence-electron chi connectivity index (χ2n) is 3.86. The molecule has 0 aromatic heterocycles. The third-order valence-corrected chi connectivity index (χ3v) is 2.63. The molecule has 1 aromatic carbocycles. The lowest BCUT2D eigenvalue weighted by Crippen LogP contribution is -2.28. The molecule has 3 nitrogen and oxygen atoms in total. The van der Waals surface area contributed by atoms with E-state index in [4.69, 9.17) is 11.6 Å². The fourth-order valence-corrected chi connectivity index (χ4v) is 1.59. The zero-order valence-electron chi connectivity index (χ0n) is 10.1. The van der Waals surface area contributed by atoms with Crippen molar-refractivity contribution in [1.29, 1.82) is 0 Å². The summed E-state index contributed by atoms with van der Waals surface area (Å²) in [6.07, 6.45) is 1.37. The van der Waals surface area contributed by atoms with Crippen LogP contribution in [0.4, 0.5) is 0 Å². The van der Waals surface area contributed by atoms with Crippen LogP contribution in [0.3, 0.4) is 0 Å². The molecule has 1 rings (SSSR count). The summed E-state index contributed by atoms with van der Waals surface area (Å²) >= 11 is 5.77. The van der Waals surface area contributed by atoms with Crippen LogP contribution in [-0.4, -0.2) is 25.5 Å². The summed E-state index contributed by atoms with van der Waals surface area (Å²) in [6.45, 7) is 4.70. The number of halogens is 1. The summed E-state index contributed by atoms with van der Waals surface area (Å²) in [7, 11) is 0. The molecule has 0 fully saturated rings. The van der Waals surface area contributed by atoms with Crippen molar-refractivity contribution in [3.8, 4) is 0 Å². The first-order valence-corrected chi connectivity index (χ1v) is 6.32. The minimum Gasteiger partial charge on any atom is -0.356 e. The maximum absolute atomic E-state index is 11.6. The van der Waals surface area contributed by atoms with Crippen LogP contribution < -0.4 is 10.6 Å². The van der Waals surface area contributed by atoms with Gasteiger partial charge in [0.25, 0.3) is 0 Å². The molecule has 0 saturated heterocycles. The van der Waals surface area contributed by atoms with E-state index < -0.39 is 0 Å². The summed E-state index contributed by atoms with van der Waals surface area (Å²) in [5.41, 5.74) is 0.985. The zero-order chi connectivity index (χ0) is 12.5. The molecule has 0 aliphatic carbocycles. The van der Waals surface area contributed by atoms with E-state index in [1.807, 2.05) is 12.1 Å². The van der Waals surface area contributed by atoms with Gasteiger partial charge in [0.1, 0.15) is 0 Å². The number of benzene rings is 1. The van der Waals surface area contributed by atoms with Crippen molar-refractivity contribution in [3.05, 3.63) is 34.9 Å². The molecular formula is C13H19ClN2O. The van der Waals surface area contributed by atoms with Crippen molar-refractivity contribution in [2.45, 2.75) is 19.8 Å². The van der Waals surface area contributed by atoms with Crippen LogP contribution >= 0.6 is 11.6 Å². The summed E-state index contributed by atoms with van der Waals surface area (Å²) in [5.74, 6) is 0.0591. The molecule has 0 bridgehead atoms. The Bertz CT molecular complexity index is 338. The quantitative estimate of drug-likeness (QED) is 0.731. The van der Waals surface area contributed by atoms with E-state index in [1.54, 1.807) is 12.1 Å². The maximum atomic E-state index is 11.6. The molecular weight excluding hydrogens is 236 g/mol. The fraction of sp³-hybridized carbons (Fsp3) is 0.462. The lowest BCUT2D eigenvalue weighted by molar-refractivity contribution is -0.120. The highest BCUT2D eigenvalue weighted by molar-refractivity contribution is 6.30. The van der Waals surface area contributed by atoms with Crippen LogP contribution in [0, 0.1) is 0 Å². The van der Waals surface area contributed by atoms with Gasteiger partial charge in [-0.3, -0.25) is 4.79 Å². The molecule has 0 radical (unpaired) electrons. The van der Waals surface area contributed by atoms with E-state index in [0.29, 0.717) is 11.4 Å². The van der Waals surface area contributed by atoms with E-state index in [-0.39, 0.29) is 5.91 Å². The lowest BCUT2D eigenvalue weighted by Gasteiger charge is -2.05. The van der Waals surface area contributed by atoms with Crippen LogP contribution in [-0.2, 0) is 11.2 Å². The second kappa shape index (κ2) is 8.09. The standard InChI is InChI=1S/C13H19ClN2O/c1-2-15-8-3-9-16-13(17)10-11-4-6-12(14)7-5-11/h4-7,15H,2-3,8-10H2,1H3,(H,16,17). The molecule has 0 aliphatic heterocycles. The lowest BCUT2D eigenvalue weighted by atomic mass is 10.1. The fourth-order valence-electron chi connectivity index (χ4n) is 1.47. The first kappa shape index (κ1) is 14.0. The number of carbonyl (C=O) groups excluding carboxylic acids is 1. The van der Waals surface area contributed by atoms with Gasteiger partial charge in [-0.05, 0) is 37.2 Å². The summed E-state index contributed by atoms with van der Waals surface area (Å²) in [4.78, 5) is 11.6. The number of carbonyl (C=O) groups is 1. The number of hydrogen-bond acceptors (Lipinski definition) is 2. The van der Waals surface area contributed by atoms with Gasteiger partial charge in [0.2, 0.25) is 5.91 Å². The van der Waals surface area contributed by atoms with E-state index in [2.05, 4.69) is 17.6 Å². The molecule has 2 N–H and O–H groups in total. The minimum atomic E-state index is 0.0591. The molecule has 0 heterocycles. The highest BCUT2D eigenvalue weighted by atomic mass is 35.5. The smallest absolute Gasteiger partial charge is 0.224 e. The SMILES string of the molecule is CCNCCCNC(=O)Cc1ccc(Cl)cc1. The third kappa shape index (κ3) is 6.29. The van der Waals surface area contributed by atoms with E-state index in [1.165, 1.54) is 0 Å². The Morgan fingerprint density at radius 2 is 1.94 bits per heavy atom. The number of hydrogen-bond donors (Lipinski definition) is 2. The van der Waals surface area contributed by atoms with Crippen LogP contribution in [0.1, 0.15) is 18.9 Å². The van der Waals surface area contributed by atoms with Gasteiger partial charge in [-0.25, -0.2) is 0 Å². The van der Waals surface area contributed by atoms with Crippen molar-refractivity contribution in [2.24, 2.45) is 0 Å². The Morgan fingerprint density at radius 3 is 2.59 bits per heavy atom. The van der Waals surface area contributed by atoms with Gasteiger partial charge in [0.15, 0.2) is 0 Å². The Morgan fingerprint density at radius 1 is 1.24 bits per heavy atom. The highest BCUT2D eigenvalue weighted by Crippen LogP contribution is 2.09. The van der Waals surface area contributed by atoms with Gasteiger partial charge in [0, 0.05) is 11.6 Å². The first-order chi connectivity index (χ1) is 8.22. The highest BCUT2D eigenvalue weighted by Gasteiger charge is 2.02. The van der Waals surface area contributed by atoms with Crippen molar-refractivity contribution < 1.29 is 4.79 Å². The normalized spacial score (nSPS) is 10.2. The molecule has 4 heteroatoms. The van der Waals surface area contributed by atoms with Crippen molar-refractivity contribution in [1.82, 2.24) is 10.6 Å². The first-order valence-electron chi connectivity index (χ1n) is 5.94. The Hall–Kier alpha value is -1.06. The van der Waals surface area contributed by atoms with Gasteiger partial charge < -0.3 is 10.6 Å². The molecule has 0 atom stereocenters. The molecule has 94 valence electrons. The van der Waals surface area contributed by atoms with Gasteiger partial charge in [0.05, 0.1) is 6.42 Å². The molecule has 0 unspecified atom stereocenters. The Labute approximate surface area is 108 Å². The number of nitrogens with one attached hydrogen (secondary N) is 2. The van der Waals surface area contributed by atoms with Gasteiger partial charge in [-0.2, -0.15) is 0 Å². The predicted octanol–water partition coefficient (Wildman–Crippen LogP) is 2.00. The van der Waals surface area contributed by atoms with Crippen molar-refractivity contribution in [3.63, 3.8) is 0 Å². The van der Waals surface area contributed by atoms with Gasteiger partial charge >= 0.3 is 0 Å². The van der Waals surface area contributed by atoms with E-state index in [0.717, 1.165) is 31.6 Å². The van der Waals surface area contributed by atoms with Gasteiger partial charge in [-0.1, -0.05) is 30.7 Å². The second-order valence-corrected chi connectivity index (χ2v) is 4.30. The number of rotatable bonds is 7. The van der Waals surface area contributed by atoms with Crippen molar-refractivity contribution in [2.75, 3.05) is 19.6 Å². The molecule has 17 heavy (non-hydrogen) atoms. The number of amides is 1. The van der Waals surface area contributed by atoms with Crippen LogP contribution in [0.2, 0.25) is 5.02 Å². The minimum absolute atomic E-state index is 0.0591. The van der Waals surface area contributed by atoms with Crippen molar-refractivity contribution >= 4 is 17.5 Å². The Kier molecular flexibility index (Phi) is 6.67. The topological polar surface area (TPSA) is 41.1 Å². The maximum Gasteiger partial charge on any atom is 0.224 e. The molecule has 1 amide bonds. The van der Waals surface area contributed by atoms with E-state index >= 15 is 0 Å². The molecule has 1 aromatic rings. The van der Waals surface area contributed by atoms with Crippen LogP contribution in [0.25, 0.3) is 0 Å². The third-order valence-electron chi connectivity index (χ3n) is 2.38. The average molecular weight is 255 g/mol. The van der Waals surface area contributed by atoms with Gasteiger partial charge in [-0.15, -0.1) is 0 Å². The predicted molar refractivity (Wildman–Crippen MR) is 71.3 cm³/mol. The van der Waals surface area contributed by atoms with Crippen LogP contribution in [0.15, 0.2) is 24.3 Å². The summed E-state index contributed by atoms with van der Waals surface area (Å²) in [6, 6.07) is 7.35. The summed E-state index contributed by atoms with van der Waals surface area (Å²) < 4.78 is 0. The molecule has 0 aliphatic rings. The van der Waals surface area contributed by atoms with E-state index in [9.17, 15) is 4.79 Å². The largest absolute Gasteiger partial charge is 0.356 e. The summed E-state index contributed by atoms with van der Waals surface area (Å²) in [5, 5.41) is 6.80.